The Bertz CT molecular complexity index is 1020. The number of fused-ring (bicyclic) bond motifs is 1. The molecule has 3 heterocycles. The van der Waals surface area contributed by atoms with Crippen LogP contribution in [0.15, 0.2) is 48.8 Å². The number of nitrogens with zero attached hydrogens (tertiary/aromatic N) is 4. The van der Waals surface area contributed by atoms with Crippen molar-refractivity contribution in [2.75, 3.05) is 13.1 Å². The summed E-state index contributed by atoms with van der Waals surface area (Å²) in [6.45, 7) is 0.848. The van der Waals surface area contributed by atoms with Gasteiger partial charge in [0.1, 0.15) is 5.82 Å². The van der Waals surface area contributed by atoms with Crippen LogP contribution in [0.5, 0.6) is 0 Å². The van der Waals surface area contributed by atoms with Crippen LogP contribution in [0.4, 0.5) is 0 Å². The smallest absolute Gasteiger partial charge is 0.257 e. The average Bonchev–Trinajstić information content (AvgIpc) is 3.52. The van der Waals surface area contributed by atoms with E-state index in [1.807, 2.05) is 30.3 Å². The topological polar surface area (TPSA) is 79.2 Å². The van der Waals surface area contributed by atoms with E-state index >= 15 is 0 Å². The van der Waals surface area contributed by atoms with Crippen LogP contribution >= 0.6 is 0 Å². The molecule has 2 atom stereocenters. The number of hydrogen-bond acceptors (Lipinski definition) is 5. The first-order valence-corrected chi connectivity index (χ1v) is 9.81. The van der Waals surface area contributed by atoms with E-state index < -0.39 is 6.10 Å². The quantitative estimate of drug-likeness (QED) is 0.759. The number of aliphatic hydroxyl groups is 1. The first-order chi connectivity index (χ1) is 13.7. The van der Waals surface area contributed by atoms with Crippen LogP contribution in [0.2, 0.25) is 0 Å². The number of β-amino-alcohol motifs (C(OH)–C–C–N with tert-alkyl or cyclic N) is 1. The summed E-state index contributed by atoms with van der Waals surface area (Å²) < 4.78 is 0. The number of aliphatic hydroxyl groups excluding tert-OH is 1. The Labute approximate surface area is 163 Å². The van der Waals surface area contributed by atoms with E-state index in [4.69, 9.17) is 4.98 Å². The van der Waals surface area contributed by atoms with Crippen LogP contribution in [0.1, 0.15) is 40.6 Å². The fourth-order valence-corrected chi connectivity index (χ4v) is 3.89. The van der Waals surface area contributed by atoms with E-state index in [1.165, 1.54) is 0 Å². The third-order valence-corrected chi connectivity index (χ3v) is 5.68. The molecule has 1 amide bonds. The molecular weight excluding hydrogens is 352 g/mol. The number of carbonyl (C=O) groups excluding carboxylic acids is 1. The molecule has 1 N–H and O–H groups in total. The number of aromatic nitrogens is 3. The van der Waals surface area contributed by atoms with Gasteiger partial charge in [0, 0.05) is 48.4 Å². The van der Waals surface area contributed by atoms with Crippen LogP contribution in [-0.2, 0) is 6.42 Å². The van der Waals surface area contributed by atoms with Gasteiger partial charge in [0.2, 0.25) is 0 Å². The second-order valence-electron chi connectivity index (χ2n) is 7.84. The van der Waals surface area contributed by atoms with E-state index in [1.54, 1.807) is 17.3 Å². The molecule has 5 rings (SSSR count). The standard InChI is InChI=1S/C22H22N4O2/c27-20-13-26(22(28)17-10-23-21(24-11-17)15-5-6-15)12-16(20)9-18-8-7-14-3-1-2-4-19(14)25-18/h1-4,7-8,10-11,15-16,20,27H,5-6,9,12-13H2/t16-,20-/m1/s1. The normalized spacial score (nSPS) is 22.0. The monoisotopic (exact) mass is 374 g/mol. The third kappa shape index (κ3) is 3.36. The summed E-state index contributed by atoms with van der Waals surface area (Å²) in [6, 6.07) is 12.1. The Morgan fingerprint density at radius 2 is 1.86 bits per heavy atom. The minimum Gasteiger partial charge on any atom is -0.391 e. The van der Waals surface area contributed by atoms with Crippen molar-refractivity contribution in [3.8, 4) is 0 Å². The predicted molar refractivity (Wildman–Crippen MR) is 105 cm³/mol. The molecule has 2 aliphatic rings. The van der Waals surface area contributed by atoms with E-state index in [0.717, 1.165) is 35.3 Å². The second kappa shape index (κ2) is 6.95. The Morgan fingerprint density at radius 3 is 2.64 bits per heavy atom. The molecule has 0 radical (unpaired) electrons. The summed E-state index contributed by atoms with van der Waals surface area (Å²) in [7, 11) is 0. The molecule has 0 bridgehead atoms. The second-order valence-corrected chi connectivity index (χ2v) is 7.84. The summed E-state index contributed by atoms with van der Waals surface area (Å²) >= 11 is 0. The van der Waals surface area contributed by atoms with Gasteiger partial charge in [0.15, 0.2) is 0 Å². The average molecular weight is 374 g/mol. The lowest BCUT2D eigenvalue weighted by molar-refractivity contribution is 0.0763. The van der Waals surface area contributed by atoms with Crippen molar-refractivity contribution in [2.24, 2.45) is 5.92 Å². The molecule has 142 valence electrons. The van der Waals surface area contributed by atoms with Crippen molar-refractivity contribution in [3.63, 3.8) is 0 Å². The van der Waals surface area contributed by atoms with Gasteiger partial charge in [0.25, 0.3) is 5.91 Å². The van der Waals surface area contributed by atoms with Gasteiger partial charge in [-0.25, -0.2) is 9.97 Å². The number of amides is 1. The van der Waals surface area contributed by atoms with Gasteiger partial charge in [-0.05, 0) is 31.4 Å². The maximum atomic E-state index is 12.8. The summed E-state index contributed by atoms with van der Waals surface area (Å²) in [5.41, 5.74) is 2.38. The highest BCUT2D eigenvalue weighted by molar-refractivity contribution is 5.93. The van der Waals surface area contributed by atoms with Crippen molar-refractivity contribution in [1.82, 2.24) is 19.9 Å². The zero-order valence-corrected chi connectivity index (χ0v) is 15.5. The minimum atomic E-state index is -0.552. The Morgan fingerprint density at radius 1 is 1.07 bits per heavy atom. The highest BCUT2D eigenvalue weighted by Crippen LogP contribution is 2.37. The van der Waals surface area contributed by atoms with E-state index in [2.05, 4.69) is 16.0 Å². The molecule has 3 aromatic rings. The molecule has 1 saturated heterocycles. The third-order valence-electron chi connectivity index (χ3n) is 5.68. The van der Waals surface area contributed by atoms with Gasteiger partial charge in [0.05, 0.1) is 17.2 Å². The summed E-state index contributed by atoms with van der Waals surface area (Å²) in [5, 5.41) is 11.6. The molecule has 2 fully saturated rings. The molecule has 0 unspecified atom stereocenters. The van der Waals surface area contributed by atoms with Crippen LogP contribution in [0.3, 0.4) is 0 Å². The highest BCUT2D eigenvalue weighted by atomic mass is 16.3. The van der Waals surface area contributed by atoms with Gasteiger partial charge in [-0.1, -0.05) is 24.3 Å². The SMILES string of the molecule is O=C(c1cnc(C2CC2)nc1)N1C[C@@H](Cc2ccc3ccccc3n2)[C@H](O)C1. The number of likely N-dealkylation sites (tertiary alicyclic amines) is 1. The Kier molecular flexibility index (Phi) is 4.28. The van der Waals surface area contributed by atoms with Crippen LogP contribution in [-0.4, -0.2) is 50.1 Å². The molecule has 6 nitrogen and oxygen atoms in total. The van der Waals surface area contributed by atoms with E-state index in [-0.39, 0.29) is 11.8 Å². The molecule has 28 heavy (non-hydrogen) atoms. The number of rotatable bonds is 4. The van der Waals surface area contributed by atoms with Crippen molar-refractivity contribution >= 4 is 16.8 Å². The number of hydrogen-bond donors (Lipinski definition) is 1. The van der Waals surface area contributed by atoms with Crippen molar-refractivity contribution < 1.29 is 9.90 Å². The lowest BCUT2D eigenvalue weighted by Crippen LogP contribution is -2.29. The van der Waals surface area contributed by atoms with E-state index in [0.29, 0.717) is 31.0 Å². The van der Waals surface area contributed by atoms with Crippen molar-refractivity contribution in [2.45, 2.75) is 31.3 Å². The first-order valence-electron chi connectivity index (χ1n) is 9.81. The molecule has 1 aromatic carbocycles. The molecule has 1 aliphatic carbocycles. The Balaban J connectivity index is 1.27. The number of benzene rings is 1. The van der Waals surface area contributed by atoms with Crippen molar-refractivity contribution in [3.05, 3.63) is 65.9 Å². The first kappa shape index (κ1) is 17.3. The fraction of sp³-hybridized carbons (Fsp3) is 0.364. The van der Waals surface area contributed by atoms with Gasteiger partial charge in [-0.15, -0.1) is 0 Å². The molecule has 0 spiro atoms. The molecule has 6 heteroatoms. The van der Waals surface area contributed by atoms with Crippen LogP contribution < -0.4 is 0 Å². The molecule has 1 aliphatic heterocycles. The summed E-state index contributed by atoms with van der Waals surface area (Å²) in [5.74, 6) is 1.16. The lowest BCUT2D eigenvalue weighted by Gasteiger charge is -2.16. The number of pyridine rings is 1. The Hall–Kier alpha value is -2.86. The van der Waals surface area contributed by atoms with Crippen LogP contribution in [0, 0.1) is 5.92 Å². The number of para-hydroxylation sites is 1. The largest absolute Gasteiger partial charge is 0.391 e. The predicted octanol–water partition coefficient (Wildman–Crippen LogP) is 2.58. The maximum absolute atomic E-state index is 12.8. The van der Waals surface area contributed by atoms with Crippen LogP contribution in [0.25, 0.3) is 10.9 Å². The van der Waals surface area contributed by atoms with Gasteiger partial charge in [-0.3, -0.25) is 9.78 Å². The van der Waals surface area contributed by atoms with Gasteiger partial charge < -0.3 is 10.0 Å². The highest BCUT2D eigenvalue weighted by Gasteiger charge is 2.35. The fourth-order valence-electron chi connectivity index (χ4n) is 3.89. The number of carbonyl (C=O) groups is 1. The van der Waals surface area contributed by atoms with Gasteiger partial charge in [-0.2, -0.15) is 0 Å². The van der Waals surface area contributed by atoms with E-state index in [9.17, 15) is 9.90 Å². The van der Waals surface area contributed by atoms with Gasteiger partial charge >= 0.3 is 0 Å². The molecule has 1 saturated carbocycles. The maximum Gasteiger partial charge on any atom is 0.257 e. The summed E-state index contributed by atoms with van der Waals surface area (Å²) in [6.07, 6.45) is 5.60. The van der Waals surface area contributed by atoms with Crippen molar-refractivity contribution in [1.29, 1.82) is 0 Å². The lowest BCUT2D eigenvalue weighted by atomic mass is 9.99. The molecule has 2 aromatic heterocycles. The summed E-state index contributed by atoms with van der Waals surface area (Å²) in [4.78, 5) is 27.9. The minimum absolute atomic E-state index is 0.0238. The molecular formula is C22H22N4O2. The zero-order valence-electron chi connectivity index (χ0n) is 15.5. The zero-order chi connectivity index (χ0) is 19.1.